The highest BCUT2D eigenvalue weighted by Crippen LogP contribution is 2.34. The zero-order valence-corrected chi connectivity index (χ0v) is 19.1. The topological polar surface area (TPSA) is 139 Å². The van der Waals surface area contributed by atoms with E-state index in [1.807, 2.05) is 4.90 Å². The maximum Gasteiger partial charge on any atom is 0.416 e. The fourth-order valence-electron chi connectivity index (χ4n) is 4.26. The number of alkyl halides is 3. The number of imidazole rings is 1. The number of pyridine rings is 1. The average Bonchev–Trinajstić information content (AvgIpc) is 3.50. The second-order valence-corrected chi connectivity index (χ2v) is 8.52. The molecule has 4 aromatic rings. The summed E-state index contributed by atoms with van der Waals surface area (Å²) in [6.07, 6.45) is 0.120. The number of rotatable bonds is 5. The molecule has 1 aliphatic rings. The van der Waals surface area contributed by atoms with Gasteiger partial charge >= 0.3 is 12.1 Å². The number of hydrogen-bond acceptors (Lipinski definition) is 7. The number of carbonyl (C=O) groups is 2. The molecule has 4 heterocycles. The summed E-state index contributed by atoms with van der Waals surface area (Å²) in [4.78, 5) is 38.6. The van der Waals surface area contributed by atoms with Gasteiger partial charge < -0.3 is 21.1 Å². The summed E-state index contributed by atoms with van der Waals surface area (Å²) >= 11 is 0. The van der Waals surface area contributed by atoms with Crippen molar-refractivity contribution in [3.63, 3.8) is 0 Å². The van der Waals surface area contributed by atoms with Crippen molar-refractivity contribution < 1.29 is 27.9 Å². The Labute approximate surface area is 207 Å². The first kappa shape index (κ1) is 24.0. The van der Waals surface area contributed by atoms with Gasteiger partial charge in [-0.25, -0.2) is 15.0 Å². The van der Waals surface area contributed by atoms with Crippen molar-refractivity contribution in [1.82, 2.24) is 19.4 Å². The number of anilines is 3. The lowest BCUT2D eigenvalue weighted by Gasteiger charge is -2.15. The molecule has 1 fully saturated rings. The van der Waals surface area contributed by atoms with Gasteiger partial charge in [0.15, 0.2) is 0 Å². The van der Waals surface area contributed by atoms with Gasteiger partial charge in [-0.1, -0.05) is 12.1 Å². The molecule has 1 saturated heterocycles. The maximum absolute atomic E-state index is 12.9. The molecule has 0 aliphatic carbocycles. The lowest BCUT2D eigenvalue weighted by molar-refractivity contribution is -0.141. The van der Waals surface area contributed by atoms with E-state index < -0.39 is 29.5 Å². The molecular weight excluding hydrogens is 491 g/mol. The summed E-state index contributed by atoms with van der Waals surface area (Å²) in [7, 11) is 0. The van der Waals surface area contributed by atoms with E-state index >= 15 is 0 Å². The van der Waals surface area contributed by atoms with E-state index in [4.69, 9.17) is 10.7 Å². The fourth-order valence-corrected chi connectivity index (χ4v) is 4.26. The number of aromatic nitrogens is 4. The molecule has 0 unspecified atom stereocenters. The van der Waals surface area contributed by atoms with E-state index in [1.165, 1.54) is 18.3 Å². The average molecular weight is 511 g/mol. The minimum atomic E-state index is -4.56. The number of carbonyl (C=O) groups excluding carboxylic acids is 1. The quantitative estimate of drug-likeness (QED) is 0.370. The van der Waals surface area contributed by atoms with Gasteiger partial charge in [0.2, 0.25) is 5.95 Å². The van der Waals surface area contributed by atoms with Crippen molar-refractivity contribution in [3.05, 3.63) is 66.1 Å². The Kier molecular flexibility index (Phi) is 5.90. The monoisotopic (exact) mass is 511 g/mol. The van der Waals surface area contributed by atoms with E-state index in [9.17, 15) is 27.9 Å². The number of hydrogen-bond donors (Lipinski definition) is 3. The first-order chi connectivity index (χ1) is 17.6. The van der Waals surface area contributed by atoms with Crippen molar-refractivity contribution in [2.75, 3.05) is 29.0 Å². The number of amides is 1. The Hall–Kier alpha value is -4.68. The van der Waals surface area contributed by atoms with Gasteiger partial charge in [-0.3, -0.25) is 14.0 Å². The van der Waals surface area contributed by atoms with Crippen molar-refractivity contribution in [2.24, 2.45) is 5.92 Å². The highest BCUT2D eigenvalue weighted by Gasteiger charge is 2.32. The van der Waals surface area contributed by atoms with Crippen LogP contribution in [0.25, 0.3) is 16.8 Å². The van der Waals surface area contributed by atoms with E-state index in [0.29, 0.717) is 42.2 Å². The smallest absolute Gasteiger partial charge is 0.416 e. The predicted molar refractivity (Wildman–Crippen MR) is 128 cm³/mol. The molecular formula is C24H20F3N7O3. The number of fused-ring (bicyclic) bond motifs is 1. The van der Waals surface area contributed by atoms with Gasteiger partial charge in [-0.15, -0.1) is 0 Å². The van der Waals surface area contributed by atoms with Crippen molar-refractivity contribution in [3.8, 4) is 11.3 Å². The zero-order valence-electron chi connectivity index (χ0n) is 19.1. The molecule has 37 heavy (non-hydrogen) atoms. The third kappa shape index (κ3) is 4.62. The number of carboxylic acids is 1. The molecule has 1 aromatic carbocycles. The summed E-state index contributed by atoms with van der Waals surface area (Å²) in [6, 6.07) is 7.86. The summed E-state index contributed by atoms with van der Waals surface area (Å²) in [5.41, 5.74) is 7.06. The highest BCUT2D eigenvalue weighted by atomic mass is 19.4. The number of nitrogens with zero attached hydrogens (tertiary/aromatic N) is 5. The van der Waals surface area contributed by atoms with Gasteiger partial charge in [0.1, 0.15) is 22.8 Å². The molecule has 1 amide bonds. The summed E-state index contributed by atoms with van der Waals surface area (Å²) in [5, 5.41) is 11.7. The lowest BCUT2D eigenvalue weighted by Crippen LogP contribution is -2.24. The number of benzene rings is 1. The molecule has 4 N–H and O–H groups in total. The molecule has 0 radical (unpaired) electrons. The Morgan fingerprint density at radius 1 is 1.11 bits per heavy atom. The van der Waals surface area contributed by atoms with E-state index in [1.54, 1.807) is 22.7 Å². The minimum absolute atomic E-state index is 0.196. The van der Waals surface area contributed by atoms with Crippen LogP contribution in [0.1, 0.15) is 22.3 Å². The predicted octanol–water partition coefficient (Wildman–Crippen LogP) is 3.56. The maximum atomic E-state index is 12.9. The lowest BCUT2D eigenvalue weighted by atomic mass is 10.1. The summed E-state index contributed by atoms with van der Waals surface area (Å²) in [5.74, 6) is -1.47. The van der Waals surface area contributed by atoms with Gasteiger partial charge in [-0.05, 0) is 30.7 Å². The molecule has 190 valence electrons. The molecule has 0 saturated carbocycles. The van der Waals surface area contributed by atoms with Crippen LogP contribution in [0.15, 0.2) is 55.0 Å². The second kappa shape index (κ2) is 9.08. The van der Waals surface area contributed by atoms with Gasteiger partial charge in [-0.2, -0.15) is 13.2 Å². The molecule has 10 nitrogen and oxygen atoms in total. The van der Waals surface area contributed by atoms with Crippen molar-refractivity contribution in [1.29, 1.82) is 0 Å². The number of nitrogens with one attached hydrogen (secondary N) is 1. The first-order valence-corrected chi connectivity index (χ1v) is 11.2. The third-order valence-corrected chi connectivity index (χ3v) is 6.13. The van der Waals surface area contributed by atoms with Crippen LogP contribution in [0.2, 0.25) is 0 Å². The third-order valence-electron chi connectivity index (χ3n) is 6.13. The Balaban J connectivity index is 1.43. The number of nitrogen functional groups attached to an aromatic ring is 1. The number of nitrogens with two attached hydrogens (primary N) is 1. The minimum Gasteiger partial charge on any atom is -0.481 e. The van der Waals surface area contributed by atoms with Gasteiger partial charge in [0.05, 0.1) is 11.5 Å². The van der Waals surface area contributed by atoms with E-state index in [2.05, 4.69) is 15.3 Å². The Bertz CT molecular complexity index is 1500. The van der Waals surface area contributed by atoms with Gasteiger partial charge in [0, 0.05) is 42.8 Å². The Morgan fingerprint density at radius 2 is 1.86 bits per heavy atom. The standard InChI is InChI=1S/C24H20F3N7O3/c25-24(26,27)16-5-7-29-17(11-16)31-21(35)14-3-1-13(2-4-14)18-19-20(28)30-8-10-34(19)23(32-18)33-9-6-15(12-33)22(36)37/h1-5,7-8,10-11,15H,6,9,12H2,(H2,28,30)(H,36,37)(H,29,31,35)/t15-/m1/s1. The largest absolute Gasteiger partial charge is 0.481 e. The van der Waals surface area contributed by atoms with Crippen LogP contribution in [0.3, 0.4) is 0 Å². The van der Waals surface area contributed by atoms with E-state index in [-0.39, 0.29) is 17.2 Å². The van der Waals surface area contributed by atoms with Crippen LogP contribution in [-0.2, 0) is 11.0 Å². The van der Waals surface area contributed by atoms with Crippen molar-refractivity contribution in [2.45, 2.75) is 12.6 Å². The second-order valence-electron chi connectivity index (χ2n) is 8.52. The number of halogens is 3. The van der Waals surface area contributed by atoms with Crippen LogP contribution in [0.5, 0.6) is 0 Å². The van der Waals surface area contributed by atoms with Crippen LogP contribution < -0.4 is 16.0 Å². The molecule has 3 aromatic heterocycles. The molecule has 0 bridgehead atoms. The van der Waals surface area contributed by atoms with Crippen LogP contribution in [0, 0.1) is 5.92 Å². The first-order valence-electron chi connectivity index (χ1n) is 11.2. The Morgan fingerprint density at radius 3 is 2.54 bits per heavy atom. The van der Waals surface area contributed by atoms with Crippen LogP contribution >= 0.6 is 0 Å². The molecule has 1 aliphatic heterocycles. The zero-order chi connectivity index (χ0) is 26.3. The van der Waals surface area contributed by atoms with Crippen molar-refractivity contribution >= 4 is 35.0 Å². The normalized spacial score (nSPS) is 15.8. The summed E-state index contributed by atoms with van der Waals surface area (Å²) in [6.45, 7) is 0.819. The molecule has 1 atom stereocenters. The van der Waals surface area contributed by atoms with Crippen LogP contribution in [-0.4, -0.2) is 49.4 Å². The number of carboxylic acid groups (broad SMARTS) is 1. The van der Waals surface area contributed by atoms with Crippen LogP contribution in [0.4, 0.5) is 30.8 Å². The molecule has 0 spiro atoms. The van der Waals surface area contributed by atoms with Gasteiger partial charge in [0.25, 0.3) is 5.91 Å². The molecule has 13 heteroatoms. The highest BCUT2D eigenvalue weighted by molar-refractivity contribution is 6.04. The molecule has 5 rings (SSSR count). The number of aliphatic carboxylic acids is 1. The summed E-state index contributed by atoms with van der Waals surface area (Å²) < 4.78 is 40.6. The SMILES string of the molecule is Nc1nccn2c(N3CC[C@@H](C(=O)O)C3)nc(-c3ccc(C(=O)Nc4cc(C(F)(F)F)ccn4)cc3)c12. The fraction of sp³-hybridized carbons (Fsp3) is 0.208. The van der Waals surface area contributed by atoms with E-state index in [0.717, 1.165) is 18.3 Å².